The second kappa shape index (κ2) is 8.18. The SMILES string of the molecule is Cc1occc1C(=O)Nc1cc(NC(=O)CCc2ccc(C3CC3C)o2)ccc1F. The molecule has 30 heavy (non-hydrogen) atoms. The van der Waals surface area contributed by atoms with Crippen LogP contribution in [-0.2, 0) is 11.2 Å². The molecule has 6 nitrogen and oxygen atoms in total. The van der Waals surface area contributed by atoms with E-state index in [4.69, 9.17) is 8.83 Å². The largest absolute Gasteiger partial charge is 0.469 e. The van der Waals surface area contributed by atoms with Crippen LogP contribution in [0, 0.1) is 18.7 Å². The van der Waals surface area contributed by atoms with Gasteiger partial charge in [-0.05, 0) is 55.7 Å². The molecule has 1 aromatic carbocycles. The van der Waals surface area contributed by atoms with Gasteiger partial charge in [-0.2, -0.15) is 0 Å². The van der Waals surface area contributed by atoms with Crippen LogP contribution in [0.15, 0.2) is 51.5 Å². The lowest BCUT2D eigenvalue weighted by molar-refractivity contribution is -0.116. The average molecular weight is 410 g/mol. The van der Waals surface area contributed by atoms with Gasteiger partial charge in [0.2, 0.25) is 5.91 Å². The van der Waals surface area contributed by atoms with E-state index in [0.29, 0.717) is 35.3 Å². The van der Waals surface area contributed by atoms with Crippen molar-refractivity contribution in [1.29, 1.82) is 0 Å². The molecule has 0 bridgehead atoms. The minimum absolute atomic E-state index is 0.0207. The van der Waals surface area contributed by atoms with E-state index in [2.05, 4.69) is 17.6 Å². The number of anilines is 2. The van der Waals surface area contributed by atoms with Gasteiger partial charge < -0.3 is 19.5 Å². The number of hydrogen-bond acceptors (Lipinski definition) is 4. The van der Waals surface area contributed by atoms with E-state index in [0.717, 1.165) is 17.9 Å². The molecule has 2 N–H and O–H groups in total. The minimum Gasteiger partial charge on any atom is -0.469 e. The number of amides is 2. The first kappa shape index (κ1) is 19.9. The summed E-state index contributed by atoms with van der Waals surface area (Å²) in [6.07, 6.45) is 3.26. The number of aryl methyl sites for hydroxylation is 2. The number of rotatable bonds is 7. The molecule has 0 radical (unpaired) electrons. The van der Waals surface area contributed by atoms with Crippen LogP contribution in [0.25, 0.3) is 0 Å². The molecule has 156 valence electrons. The topological polar surface area (TPSA) is 84.5 Å². The van der Waals surface area contributed by atoms with Crippen LogP contribution in [-0.4, -0.2) is 11.8 Å². The number of carbonyl (C=O) groups is 2. The summed E-state index contributed by atoms with van der Waals surface area (Å²) in [5.41, 5.74) is 0.697. The standard InChI is InChI=1S/C23H23FN2O4/c1-13-11-18(13)21-7-4-16(30-21)5-8-22(27)25-15-3-6-19(24)20(12-15)26-23(28)17-9-10-29-14(17)2/h3-4,6-7,9-10,12-13,18H,5,8,11H2,1-2H3,(H,25,27)(H,26,28). The molecule has 2 aromatic heterocycles. The normalized spacial score (nSPS) is 17.6. The van der Waals surface area contributed by atoms with Gasteiger partial charge in [-0.25, -0.2) is 4.39 Å². The number of benzene rings is 1. The summed E-state index contributed by atoms with van der Waals surface area (Å²) >= 11 is 0. The Balaban J connectivity index is 1.34. The first-order valence-corrected chi connectivity index (χ1v) is 9.94. The number of halogens is 1. The van der Waals surface area contributed by atoms with E-state index < -0.39 is 11.7 Å². The van der Waals surface area contributed by atoms with Gasteiger partial charge >= 0.3 is 0 Å². The van der Waals surface area contributed by atoms with Crippen molar-refractivity contribution >= 4 is 23.2 Å². The Morgan fingerprint density at radius 2 is 1.97 bits per heavy atom. The Hall–Kier alpha value is -3.35. The van der Waals surface area contributed by atoms with Crippen molar-refractivity contribution < 1.29 is 22.8 Å². The Morgan fingerprint density at radius 1 is 1.17 bits per heavy atom. The molecule has 1 aliphatic carbocycles. The highest BCUT2D eigenvalue weighted by Gasteiger charge is 2.36. The maximum atomic E-state index is 14.1. The van der Waals surface area contributed by atoms with Crippen LogP contribution in [0.3, 0.4) is 0 Å². The number of nitrogens with one attached hydrogen (secondary N) is 2. The van der Waals surface area contributed by atoms with E-state index >= 15 is 0 Å². The first-order valence-electron chi connectivity index (χ1n) is 9.94. The van der Waals surface area contributed by atoms with Crippen molar-refractivity contribution in [2.75, 3.05) is 10.6 Å². The molecule has 2 heterocycles. The average Bonchev–Trinajstić information content (AvgIpc) is 3.08. The molecule has 3 aromatic rings. The predicted molar refractivity (Wildman–Crippen MR) is 110 cm³/mol. The monoisotopic (exact) mass is 410 g/mol. The molecule has 2 atom stereocenters. The van der Waals surface area contributed by atoms with Crippen LogP contribution in [0.5, 0.6) is 0 Å². The molecule has 2 unspecified atom stereocenters. The van der Waals surface area contributed by atoms with Gasteiger partial charge in [0, 0.05) is 24.4 Å². The Kier molecular flexibility index (Phi) is 5.44. The third-order valence-corrected chi connectivity index (χ3v) is 5.36. The zero-order valence-electron chi connectivity index (χ0n) is 16.8. The quantitative estimate of drug-likeness (QED) is 0.556. The zero-order valence-corrected chi connectivity index (χ0v) is 16.8. The summed E-state index contributed by atoms with van der Waals surface area (Å²) in [6.45, 7) is 3.84. The highest BCUT2D eigenvalue weighted by atomic mass is 19.1. The van der Waals surface area contributed by atoms with E-state index in [-0.39, 0.29) is 18.0 Å². The van der Waals surface area contributed by atoms with Crippen LogP contribution in [0.2, 0.25) is 0 Å². The highest BCUT2D eigenvalue weighted by molar-refractivity contribution is 6.05. The van der Waals surface area contributed by atoms with Gasteiger partial charge in [0.05, 0.1) is 17.5 Å². The summed E-state index contributed by atoms with van der Waals surface area (Å²) in [5, 5.41) is 5.24. The molecular formula is C23H23FN2O4. The number of furan rings is 2. The van der Waals surface area contributed by atoms with Crippen LogP contribution in [0.4, 0.5) is 15.8 Å². The lowest BCUT2D eigenvalue weighted by atomic mass is 10.2. The number of hydrogen-bond donors (Lipinski definition) is 2. The van der Waals surface area contributed by atoms with E-state index in [1.165, 1.54) is 30.5 Å². The highest BCUT2D eigenvalue weighted by Crippen LogP contribution is 2.47. The molecule has 1 fully saturated rings. The molecule has 0 spiro atoms. The molecule has 1 saturated carbocycles. The Morgan fingerprint density at radius 3 is 2.67 bits per heavy atom. The second-order valence-corrected chi connectivity index (χ2v) is 7.71. The van der Waals surface area contributed by atoms with Gasteiger partial charge in [-0.15, -0.1) is 0 Å². The molecular weight excluding hydrogens is 387 g/mol. The fraction of sp³-hybridized carbons (Fsp3) is 0.304. The van der Waals surface area contributed by atoms with Crippen molar-refractivity contribution in [1.82, 2.24) is 0 Å². The lowest BCUT2D eigenvalue weighted by Crippen LogP contribution is -2.15. The minimum atomic E-state index is -0.597. The van der Waals surface area contributed by atoms with E-state index in [1.807, 2.05) is 12.1 Å². The molecule has 0 saturated heterocycles. The van der Waals surface area contributed by atoms with Crippen molar-refractivity contribution in [2.24, 2.45) is 5.92 Å². The fourth-order valence-corrected chi connectivity index (χ4v) is 3.42. The Labute approximate surface area is 173 Å². The van der Waals surface area contributed by atoms with E-state index in [9.17, 15) is 14.0 Å². The summed E-state index contributed by atoms with van der Waals surface area (Å²) in [7, 11) is 0. The molecule has 4 rings (SSSR count). The summed E-state index contributed by atoms with van der Waals surface area (Å²) in [5.74, 6) is 2.08. The first-order chi connectivity index (χ1) is 14.4. The van der Waals surface area contributed by atoms with Crippen molar-refractivity contribution in [3.63, 3.8) is 0 Å². The van der Waals surface area contributed by atoms with Crippen LogP contribution >= 0.6 is 0 Å². The van der Waals surface area contributed by atoms with Gasteiger partial charge in [0.15, 0.2) is 0 Å². The fourth-order valence-electron chi connectivity index (χ4n) is 3.42. The van der Waals surface area contributed by atoms with Gasteiger partial charge in [0.1, 0.15) is 23.1 Å². The van der Waals surface area contributed by atoms with Gasteiger partial charge in [-0.3, -0.25) is 9.59 Å². The second-order valence-electron chi connectivity index (χ2n) is 7.71. The maximum Gasteiger partial charge on any atom is 0.259 e. The van der Waals surface area contributed by atoms with Crippen LogP contribution in [0.1, 0.15) is 53.3 Å². The summed E-state index contributed by atoms with van der Waals surface area (Å²) in [4.78, 5) is 24.6. The predicted octanol–water partition coefficient (Wildman–Crippen LogP) is 5.27. The third-order valence-electron chi connectivity index (χ3n) is 5.36. The lowest BCUT2D eigenvalue weighted by Gasteiger charge is -2.10. The van der Waals surface area contributed by atoms with E-state index in [1.54, 1.807) is 6.92 Å². The van der Waals surface area contributed by atoms with Gasteiger partial charge in [0.25, 0.3) is 5.91 Å². The van der Waals surface area contributed by atoms with Crippen molar-refractivity contribution in [3.8, 4) is 0 Å². The van der Waals surface area contributed by atoms with Crippen molar-refractivity contribution in [2.45, 2.75) is 39.0 Å². The molecule has 0 aliphatic heterocycles. The maximum absolute atomic E-state index is 14.1. The van der Waals surface area contributed by atoms with Gasteiger partial charge in [-0.1, -0.05) is 6.92 Å². The smallest absolute Gasteiger partial charge is 0.259 e. The molecule has 2 amide bonds. The van der Waals surface area contributed by atoms with Crippen LogP contribution < -0.4 is 10.6 Å². The number of carbonyl (C=O) groups excluding carboxylic acids is 2. The molecule has 7 heteroatoms. The zero-order chi connectivity index (χ0) is 21.3. The molecule has 1 aliphatic rings. The Bertz CT molecular complexity index is 1080. The third kappa shape index (κ3) is 4.45. The summed E-state index contributed by atoms with van der Waals surface area (Å²) < 4.78 is 25.0. The van der Waals surface area contributed by atoms with Crippen molar-refractivity contribution in [3.05, 3.63) is 71.3 Å². The summed E-state index contributed by atoms with van der Waals surface area (Å²) in [6, 6.07) is 9.45.